The number of carbonyl (C=O) groups excluding carboxylic acids is 1. The molecule has 0 aliphatic carbocycles. The standard InChI is InChI=1S/C20H23N5OS/c1-3-24(4-2)14-19(26)23-16-6-8-17(9-7-16)25(18-10-13-27-15-18)20-21-11-5-12-22-20/h5-13,15H,3-4,14H2,1-2H3,(H,23,26). The van der Waals surface area contributed by atoms with Gasteiger partial charge in [0.05, 0.1) is 12.2 Å². The molecule has 2 heterocycles. The minimum absolute atomic E-state index is 0.00691. The molecule has 3 aromatic rings. The number of hydrogen-bond acceptors (Lipinski definition) is 6. The number of likely N-dealkylation sites (N-methyl/N-ethyl adjacent to an activating group) is 1. The lowest BCUT2D eigenvalue weighted by Crippen LogP contribution is -2.32. The number of hydrogen-bond donors (Lipinski definition) is 1. The van der Waals surface area contributed by atoms with Crippen molar-refractivity contribution in [1.82, 2.24) is 14.9 Å². The molecule has 1 aromatic carbocycles. The summed E-state index contributed by atoms with van der Waals surface area (Å²) in [6, 6.07) is 11.5. The lowest BCUT2D eigenvalue weighted by Gasteiger charge is -2.22. The fraction of sp³-hybridized carbons (Fsp3) is 0.250. The zero-order valence-corrected chi connectivity index (χ0v) is 16.3. The van der Waals surface area contributed by atoms with E-state index in [2.05, 4.69) is 39.4 Å². The van der Waals surface area contributed by atoms with E-state index in [1.807, 2.05) is 40.6 Å². The van der Waals surface area contributed by atoms with Crippen molar-refractivity contribution >= 4 is 40.3 Å². The molecule has 6 nitrogen and oxygen atoms in total. The molecule has 0 spiro atoms. The van der Waals surface area contributed by atoms with E-state index in [4.69, 9.17) is 0 Å². The maximum Gasteiger partial charge on any atom is 0.238 e. The highest BCUT2D eigenvalue weighted by Crippen LogP contribution is 2.33. The smallest absolute Gasteiger partial charge is 0.238 e. The highest BCUT2D eigenvalue weighted by atomic mass is 32.1. The Morgan fingerprint density at radius 2 is 1.74 bits per heavy atom. The second kappa shape index (κ2) is 9.25. The Labute approximate surface area is 163 Å². The topological polar surface area (TPSA) is 61.4 Å². The van der Waals surface area contributed by atoms with Crippen molar-refractivity contribution < 1.29 is 4.79 Å². The predicted octanol–water partition coefficient (Wildman–Crippen LogP) is 4.29. The van der Waals surface area contributed by atoms with E-state index in [1.54, 1.807) is 29.8 Å². The van der Waals surface area contributed by atoms with Crippen LogP contribution >= 0.6 is 11.3 Å². The molecule has 2 aromatic heterocycles. The van der Waals surface area contributed by atoms with Crippen LogP contribution in [0.3, 0.4) is 0 Å². The lowest BCUT2D eigenvalue weighted by atomic mass is 10.2. The van der Waals surface area contributed by atoms with Gasteiger partial charge in [0.25, 0.3) is 0 Å². The van der Waals surface area contributed by atoms with Gasteiger partial charge >= 0.3 is 0 Å². The normalized spacial score (nSPS) is 10.8. The highest BCUT2D eigenvalue weighted by molar-refractivity contribution is 7.08. The zero-order valence-electron chi connectivity index (χ0n) is 15.5. The second-order valence-corrected chi connectivity index (χ2v) is 6.70. The third-order valence-electron chi connectivity index (χ3n) is 4.19. The Hall–Kier alpha value is -2.77. The molecule has 0 saturated carbocycles. The summed E-state index contributed by atoms with van der Waals surface area (Å²) in [4.78, 5) is 25.0. The number of nitrogens with one attached hydrogen (secondary N) is 1. The van der Waals surface area contributed by atoms with Crippen LogP contribution in [0.1, 0.15) is 13.8 Å². The highest BCUT2D eigenvalue weighted by Gasteiger charge is 2.15. The van der Waals surface area contributed by atoms with Crippen LogP contribution in [0.15, 0.2) is 59.6 Å². The van der Waals surface area contributed by atoms with Gasteiger partial charge in [0.15, 0.2) is 0 Å². The molecule has 140 valence electrons. The minimum Gasteiger partial charge on any atom is -0.325 e. The van der Waals surface area contributed by atoms with E-state index in [9.17, 15) is 4.79 Å². The molecule has 0 aliphatic heterocycles. The number of thiophene rings is 1. The molecule has 1 N–H and O–H groups in total. The molecule has 0 saturated heterocycles. The van der Waals surface area contributed by atoms with Gasteiger partial charge in [-0.1, -0.05) is 13.8 Å². The summed E-state index contributed by atoms with van der Waals surface area (Å²) in [5.41, 5.74) is 2.71. The van der Waals surface area contributed by atoms with E-state index in [-0.39, 0.29) is 5.91 Å². The summed E-state index contributed by atoms with van der Waals surface area (Å²) < 4.78 is 0. The molecule has 0 unspecified atom stereocenters. The monoisotopic (exact) mass is 381 g/mol. The first kappa shape index (κ1) is 19.0. The second-order valence-electron chi connectivity index (χ2n) is 5.92. The Kier molecular flexibility index (Phi) is 6.51. The summed E-state index contributed by atoms with van der Waals surface area (Å²) >= 11 is 1.62. The van der Waals surface area contributed by atoms with Crippen molar-refractivity contribution in [2.75, 3.05) is 29.9 Å². The number of carbonyl (C=O) groups is 1. The first-order valence-corrected chi connectivity index (χ1v) is 9.87. The van der Waals surface area contributed by atoms with E-state index in [0.29, 0.717) is 12.5 Å². The van der Waals surface area contributed by atoms with Crippen LogP contribution in [0, 0.1) is 0 Å². The first-order chi connectivity index (χ1) is 13.2. The largest absolute Gasteiger partial charge is 0.325 e. The van der Waals surface area contributed by atoms with Crippen LogP contribution < -0.4 is 10.2 Å². The summed E-state index contributed by atoms with van der Waals surface area (Å²) in [6.45, 7) is 6.21. The molecule has 27 heavy (non-hydrogen) atoms. The van der Waals surface area contributed by atoms with Crippen molar-refractivity contribution in [2.45, 2.75) is 13.8 Å². The number of rotatable bonds is 8. The summed E-state index contributed by atoms with van der Waals surface area (Å²) in [5.74, 6) is 0.599. The van der Waals surface area contributed by atoms with Crippen molar-refractivity contribution in [3.05, 3.63) is 59.6 Å². The Bertz CT molecular complexity index is 833. The average Bonchev–Trinajstić information content (AvgIpc) is 3.23. The molecule has 0 aliphatic rings. The van der Waals surface area contributed by atoms with Gasteiger partial charge in [-0.25, -0.2) is 9.97 Å². The van der Waals surface area contributed by atoms with Gasteiger partial charge in [-0.05, 0) is 54.9 Å². The summed E-state index contributed by atoms with van der Waals surface area (Å²) in [6.07, 6.45) is 3.45. The number of aromatic nitrogens is 2. The van der Waals surface area contributed by atoms with Gasteiger partial charge < -0.3 is 5.32 Å². The van der Waals surface area contributed by atoms with Gasteiger partial charge in [-0.3, -0.25) is 14.6 Å². The Balaban J connectivity index is 1.77. The van der Waals surface area contributed by atoms with Gasteiger partial charge in [-0.2, -0.15) is 11.3 Å². The van der Waals surface area contributed by atoms with E-state index in [1.165, 1.54) is 0 Å². The van der Waals surface area contributed by atoms with E-state index in [0.717, 1.165) is 30.2 Å². The molecular formula is C20H23N5OS. The number of benzene rings is 1. The maximum atomic E-state index is 12.2. The van der Waals surface area contributed by atoms with Crippen LogP contribution in [0.25, 0.3) is 0 Å². The van der Waals surface area contributed by atoms with Crippen molar-refractivity contribution in [3.63, 3.8) is 0 Å². The van der Waals surface area contributed by atoms with Gasteiger partial charge in [-0.15, -0.1) is 0 Å². The molecule has 7 heteroatoms. The van der Waals surface area contributed by atoms with Crippen LogP contribution in [0.2, 0.25) is 0 Å². The quantitative estimate of drug-likeness (QED) is 0.631. The van der Waals surface area contributed by atoms with Crippen LogP contribution in [-0.4, -0.2) is 40.4 Å². The SMILES string of the molecule is CCN(CC)CC(=O)Nc1ccc(N(c2ccsc2)c2ncccn2)cc1. The summed E-state index contributed by atoms with van der Waals surface area (Å²) in [5, 5.41) is 7.03. The lowest BCUT2D eigenvalue weighted by molar-refractivity contribution is -0.117. The first-order valence-electron chi connectivity index (χ1n) is 8.93. The predicted molar refractivity (Wildman–Crippen MR) is 111 cm³/mol. The Morgan fingerprint density at radius 1 is 1.04 bits per heavy atom. The number of anilines is 4. The fourth-order valence-electron chi connectivity index (χ4n) is 2.72. The molecular weight excluding hydrogens is 358 g/mol. The number of nitrogens with zero attached hydrogens (tertiary/aromatic N) is 4. The zero-order chi connectivity index (χ0) is 19.1. The third kappa shape index (κ3) is 4.90. The molecule has 0 fully saturated rings. The molecule has 1 amide bonds. The average molecular weight is 382 g/mol. The van der Waals surface area contributed by atoms with Crippen molar-refractivity contribution in [1.29, 1.82) is 0 Å². The molecule has 0 radical (unpaired) electrons. The number of amides is 1. The van der Waals surface area contributed by atoms with Gasteiger partial charge in [0.1, 0.15) is 0 Å². The van der Waals surface area contributed by atoms with Crippen LogP contribution in [-0.2, 0) is 4.79 Å². The minimum atomic E-state index is -0.00691. The fourth-order valence-corrected chi connectivity index (χ4v) is 3.34. The molecule has 3 rings (SSSR count). The third-order valence-corrected chi connectivity index (χ3v) is 4.86. The maximum absolute atomic E-state index is 12.2. The van der Waals surface area contributed by atoms with Crippen LogP contribution in [0.5, 0.6) is 0 Å². The van der Waals surface area contributed by atoms with E-state index >= 15 is 0 Å². The van der Waals surface area contributed by atoms with Gasteiger partial charge in [0, 0.05) is 29.1 Å². The van der Waals surface area contributed by atoms with Gasteiger partial charge in [0.2, 0.25) is 11.9 Å². The molecule has 0 bridgehead atoms. The van der Waals surface area contributed by atoms with Crippen molar-refractivity contribution in [2.24, 2.45) is 0 Å². The van der Waals surface area contributed by atoms with E-state index < -0.39 is 0 Å². The van der Waals surface area contributed by atoms with Crippen LogP contribution in [0.4, 0.5) is 23.0 Å². The Morgan fingerprint density at radius 3 is 2.33 bits per heavy atom. The molecule has 0 atom stereocenters. The van der Waals surface area contributed by atoms with Crippen molar-refractivity contribution in [3.8, 4) is 0 Å². The summed E-state index contributed by atoms with van der Waals surface area (Å²) in [7, 11) is 0.